The summed E-state index contributed by atoms with van der Waals surface area (Å²) in [6.07, 6.45) is 8.78. The predicted octanol–water partition coefficient (Wildman–Crippen LogP) is 5.12. The van der Waals surface area contributed by atoms with Crippen molar-refractivity contribution < 1.29 is 18.6 Å². The van der Waals surface area contributed by atoms with Gasteiger partial charge in [-0.25, -0.2) is 18.7 Å². The average molecular weight is 509 g/mol. The van der Waals surface area contributed by atoms with E-state index in [1.807, 2.05) is 0 Å². The van der Waals surface area contributed by atoms with Crippen molar-refractivity contribution >= 4 is 5.82 Å². The maximum atomic E-state index is 15.7. The van der Waals surface area contributed by atoms with Gasteiger partial charge in [0.2, 0.25) is 0 Å². The third-order valence-electron chi connectivity index (χ3n) is 8.16. The lowest BCUT2D eigenvalue weighted by atomic mass is 9.60. The van der Waals surface area contributed by atoms with Crippen molar-refractivity contribution in [1.82, 2.24) is 25.1 Å². The van der Waals surface area contributed by atoms with Crippen molar-refractivity contribution in [1.29, 1.82) is 0 Å². The van der Waals surface area contributed by atoms with Gasteiger partial charge in [0.1, 0.15) is 17.6 Å². The Morgan fingerprint density at radius 3 is 2.65 bits per heavy atom. The van der Waals surface area contributed by atoms with Crippen LogP contribution >= 0.6 is 0 Å². The Hall–Kier alpha value is -3.43. The average Bonchev–Trinajstić information content (AvgIpc) is 3.73. The summed E-state index contributed by atoms with van der Waals surface area (Å²) in [6, 6.07) is 4.67. The van der Waals surface area contributed by atoms with Crippen LogP contribution in [0, 0.1) is 17.2 Å². The first-order chi connectivity index (χ1) is 17.8. The van der Waals surface area contributed by atoms with Gasteiger partial charge in [-0.3, -0.25) is 0 Å². The van der Waals surface area contributed by atoms with E-state index in [1.165, 1.54) is 13.2 Å². The van der Waals surface area contributed by atoms with Crippen LogP contribution in [0.15, 0.2) is 30.6 Å². The highest BCUT2D eigenvalue weighted by molar-refractivity contribution is 5.71. The molecule has 4 atom stereocenters. The third-order valence-corrected chi connectivity index (χ3v) is 8.16. The number of methoxy groups -OCH3 is 1. The SMILES string of the molecule is COc1ncc(F)c(-c2ccc(-c3ncc(N(C4CC4)[C@H]4C[C@]5(C)CCC[C@@H](C5)[C@H]4F)nn3)c(O)c2)n1. The van der Waals surface area contributed by atoms with Crippen molar-refractivity contribution in [2.45, 2.75) is 70.1 Å². The van der Waals surface area contributed by atoms with Crippen LogP contribution in [0.25, 0.3) is 22.6 Å². The van der Waals surface area contributed by atoms with Crippen molar-refractivity contribution in [3.05, 3.63) is 36.4 Å². The van der Waals surface area contributed by atoms with E-state index in [2.05, 4.69) is 37.0 Å². The lowest BCUT2D eigenvalue weighted by Crippen LogP contribution is -2.54. The van der Waals surface area contributed by atoms with Crippen molar-refractivity contribution in [2.75, 3.05) is 12.0 Å². The van der Waals surface area contributed by atoms with Crippen LogP contribution in [0.5, 0.6) is 11.8 Å². The maximum Gasteiger partial charge on any atom is 0.316 e. The van der Waals surface area contributed by atoms with Crippen LogP contribution in [-0.2, 0) is 0 Å². The fraction of sp³-hybridized carbons (Fsp3) is 0.519. The second-order valence-corrected chi connectivity index (χ2v) is 10.9. The molecule has 0 aliphatic heterocycles. The maximum absolute atomic E-state index is 15.7. The van der Waals surface area contributed by atoms with Crippen LogP contribution in [-0.4, -0.2) is 55.6 Å². The number of fused-ring (bicyclic) bond motifs is 2. The standard InChI is InChI=1S/C27H30F2N6O2/c1-27-9-3-4-16(11-27)23(29)20(12-27)35(17-6-7-17)22-14-30-25(34-33-22)18-8-5-15(10-21(18)36)24-19(28)13-31-26(32-24)37-2/h5,8,10,13-14,16-17,20,23,36H,3-4,6-7,9,11-12H2,1-2H3/t16-,20-,23+,27+/m0/s1. The number of hydrogen-bond donors (Lipinski definition) is 1. The van der Waals surface area contributed by atoms with Crippen molar-refractivity contribution in [2.24, 2.45) is 11.3 Å². The molecule has 1 aromatic carbocycles. The molecule has 3 aliphatic rings. The van der Waals surface area contributed by atoms with Crippen LogP contribution in [0.4, 0.5) is 14.6 Å². The second-order valence-electron chi connectivity index (χ2n) is 10.9. The van der Waals surface area contributed by atoms with Crippen LogP contribution < -0.4 is 9.64 Å². The summed E-state index contributed by atoms with van der Waals surface area (Å²) in [7, 11) is 1.39. The largest absolute Gasteiger partial charge is 0.507 e. The molecule has 2 aromatic heterocycles. The van der Waals surface area contributed by atoms with E-state index >= 15 is 4.39 Å². The number of aromatic hydroxyl groups is 1. The molecule has 0 saturated heterocycles. The molecule has 10 heteroatoms. The normalized spacial score (nSPS) is 27.1. The van der Waals surface area contributed by atoms with Gasteiger partial charge in [0.05, 0.1) is 31.1 Å². The lowest BCUT2D eigenvalue weighted by Gasteiger charge is -2.51. The molecule has 2 heterocycles. The van der Waals surface area contributed by atoms with Gasteiger partial charge < -0.3 is 14.7 Å². The number of phenols is 1. The number of hydrogen-bond acceptors (Lipinski definition) is 8. The van der Waals surface area contributed by atoms with Gasteiger partial charge in [-0.05, 0) is 62.0 Å². The Morgan fingerprint density at radius 1 is 1.11 bits per heavy atom. The highest BCUT2D eigenvalue weighted by Crippen LogP contribution is 2.52. The molecule has 194 valence electrons. The minimum atomic E-state index is -0.882. The molecule has 8 nitrogen and oxygen atoms in total. The molecule has 1 N–H and O–H groups in total. The topological polar surface area (TPSA) is 97.2 Å². The van der Waals surface area contributed by atoms with Gasteiger partial charge in [-0.15, -0.1) is 10.2 Å². The highest BCUT2D eigenvalue weighted by Gasteiger charge is 2.50. The van der Waals surface area contributed by atoms with E-state index in [1.54, 1.807) is 18.3 Å². The number of alkyl halides is 1. The molecule has 3 fully saturated rings. The van der Waals surface area contributed by atoms with E-state index in [0.717, 1.165) is 51.1 Å². The van der Waals surface area contributed by atoms with Crippen LogP contribution in [0.3, 0.4) is 0 Å². The molecule has 0 unspecified atom stereocenters. The molecule has 3 saturated carbocycles. The summed E-state index contributed by atoms with van der Waals surface area (Å²) in [5.41, 5.74) is 0.889. The molecule has 3 aliphatic carbocycles. The van der Waals surface area contributed by atoms with Gasteiger partial charge in [0.15, 0.2) is 17.5 Å². The minimum Gasteiger partial charge on any atom is -0.507 e. The van der Waals surface area contributed by atoms with E-state index in [9.17, 15) is 9.50 Å². The molecular weight excluding hydrogens is 478 g/mol. The zero-order chi connectivity index (χ0) is 25.7. The lowest BCUT2D eigenvalue weighted by molar-refractivity contribution is 0.00942. The number of halogens is 2. The number of nitrogens with zero attached hydrogens (tertiary/aromatic N) is 6. The first-order valence-corrected chi connectivity index (χ1v) is 12.9. The fourth-order valence-electron chi connectivity index (χ4n) is 6.28. The molecular formula is C27H30F2N6O2. The molecule has 0 spiro atoms. The first kappa shape index (κ1) is 23.9. The van der Waals surface area contributed by atoms with Crippen molar-refractivity contribution in [3.8, 4) is 34.4 Å². The quantitative estimate of drug-likeness (QED) is 0.490. The number of anilines is 1. The molecule has 6 rings (SSSR count). The van der Waals surface area contributed by atoms with Crippen LogP contribution in [0.2, 0.25) is 0 Å². The molecule has 0 amide bonds. The number of benzene rings is 1. The van der Waals surface area contributed by atoms with Gasteiger partial charge in [0.25, 0.3) is 0 Å². The predicted molar refractivity (Wildman–Crippen MR) is 133 cm³/mol. The summed E-state index contributed by atoms with van der Waals surface area (Å²) in [5.74, 6) is 0.138. The van der Waals surface area contributed by atoms with E-state index in [-0.39, 0.29) is 46.7 Å². The van der Waals surface area contributed by atoms with Gasteiger partial charge >= 0.3 is 6.01 Å². The Labute approximate surface area is 214 Å². The summed E-state index contributed by atoms with van der Waals surface area (Å²) >= 11 is 0. The zero-order valence-corrected chi connectivity index (χ0v) is 20.9. The van der Waals surface area contributed by atoms with E-state index in [0.29, 0.717) is 16.9 Å². The Kier molecular flexibility index (Phi) is 5.92. The zero-order valence-electron chi connectivity index (χ0n) is 20.9. The smallest absolute Gasteiger partial charge is 0.316 e. The third kappa shape index (κ3) is 4.46. The van der Waals surface area contributed by atoms with E-state index in [4.69, 9.17) is 4.74 Å². The molecule has 0 radical (unpaired) electrons. The molecule has 2 bridgehead atoms. The number of ether oxygens (including phenoxy) is 1. The summed E-state index contributed by atoms with van der Waals surface area (Å²) < 4.78 is 34.9. The Bertz CT molecular complexity index is 1300. The fourth-order valence-corrected chi connectivity index (χ4v) is 6.28. The molecule has 37 heavy (non-hydrogen) atoms. The van der Waals surface area contributed by atoms with Crippen LogP contribution in [0.1, 0.15) is 51.9 Å². The minimum absolute atomic E-state index is 0.00916. The Morgan fingerprint density at radius 2 is 1.95 bits per heavy atom. The van der Waals surface area contributed by atoms with Gasteiger partial charge in [0, 0.05) is 11.6 Å². The second kappa shape index (κ2) is 9.15. The van der Waals surface area contributed by atoms with Crippen molar-refractivity contribution in [3.63, 3.8) is 0 Å². The summed E-state index contributed by atoms with van der Waals surface area (Å²) in [6.45, 7) is 2.30. The number of rotatable bonds is 6. The monoisotopic (exact) mass is 508 g/mol. The van der Waals surface area contributed by atoms with E-state index < -0.39 is 12.0 Å². The number of phenolic OH excluding ortho intramolecular Hbond substituents is 1. The highest BCUT2D eigenvalue weighted by atomic mass is 19.1. The van der Waals surface area contributed by atoms with Gasteiger partial charge in [-0.2, -0.15) is 4.98 Å². The Balaban J connectivity index is 1.27. The molecule has 3 aromatic rings. The summed E-state index contributed by atoms with van der Waals surface area (Å²) in [5, 5.41) is 19.4. The number of aromatic nitrogens is 5. The van der Waals surface area contributed by atoms with Gasteiger partial charge in [-0.1, -0.05) is 19.4 Å². The first-order valence-electron chi connectivity index (χ1n) is 12.9. The summed E-state index contributed by atoms with van der Waals surface area (Å²) in [4.78, 5) is 14.4.